The van der Waals surface area contributed by atoms with Gasteiger partial charge in [0.15, 0.2) is 5.13 Å². The van der Waals surface area contributed by atoms with E-state index in [1.54, 1.807) is 12.3 Å². The first-order valence-corrected chi connectivity index (χ1v) is 8.45. The molecule has 1 amide bonds. The van der Waals surface area contributed by atoms with Crippen LogP contribution in [0.25, 0.3) is 0 Å². The highest BCUT2D eigenvalue weighted by Gasteiger charge is 2.47. The van der Waals surface area contributed by atoms with Gasteiger partial charge in [0.05, 0.1) is 5.41 Å². The van der Waals surface area contributed by atoms with E-state index in [4.69, 9.17) is 0 Å². The number of anilines is 1. The van der Waals surface area contributed by atoms with Crippen LogP contribution in [0.15, 0.2) is 29.8 Å². The van der Waals surface area contributed by atoms with E-state index in [9.17, 15) is 9.90 Å². The lowest BCUT2D eigenvalue weighted by atomic mass is 9.75. The maximum absolute atomic E-state index is 12.9. The van der Waals surface area contributed by atoms with E-state index in [0.717, 1.165) is 24.0 Å². The smallest absolute Gasteiger partial charge is 0.233 e. The number of thiazole rings is 1. The molecule has 4 nitrogen and oxygen atoms in total. The van der Waals surface area contributed by atoms with Crippen LogP contribution >= 0.6 is 11.3 Å². The quantitative estimate of drug-likeness (QED) is 0.898. The molecular formula is C17H20N2O2S. The third kappa shape index (κ3) is 2.50. The molecule has 0 unspecified atom stereocenters. The van der Waals surface area contributed by atoms with E-state index in [2.05, 4.69) is 17.2 Å². The molecule has 0 radical (unpaired) electrons. The molecule has 3 rings (SSSR count). The molecule has 5 heteroatoms. The van der Waals surface area contributed by atoms with Crippen molar-refractivity contribution in [2.75, 3.05) is 5.32 Å². The molecule has 116 valence electrons. The first kappa shape index (κ1) is 15.0. The Balaban J connectivity index is 1.93. The number of carbonyl (C=O) groups excluding carboxylic acids is 1. The Hall–Kier alpha value is -1.88. The zero-order valence-electron chi connectivity index (χ0n) is 12.8. The topological polar surface area (TPSA) is 62.2 Å². The van der Waals surface area contributed by atoms with Crippen molar-refractivity contribution in [1.29, 1.82) is 0 Å². The highest BCUT2D eigenvalue weighted by molar-refractivity contribution is 7.13. The number of carbonyl (C=O) groups is 1. The summed E-state index contributed by atoms with van der Waals surface area (Å²) in [4.78, 5) is 17.0. The first-order chi connectivity index (χ1) is 10.5. The van der Waals surface area contributed by atoms with Crippen molar-refractivity contribution in [3.05, 3.63) is 40.9 Å². The first-order valence-electron chi connectivity index (χ1n) is 7.57. The number of benzene rings is 1. The zero-order valence-corrected chi connectivity index (χ0v) is 13.6. The van der Waals surface area contributed by atoms with E-state index in [-0.39, 0.29) is 17.6 Å². The molecular weight excluding hydrogens is 296 g/mol. The largest absolute Gasteiger partial charge is 0.508 e. The molecule has 22 heavy (non-hydrogen) atoms. The Morgan fingerprint density at radius 3 is 3.05 bits per heavy atom. The number of nitrogens with one attached hydrogen (secondary N) is 1. The van der Waals surface area contributed by atoms with Crippen molar-refractivity contribution in [3.8, 4) is 5.75 Å². The van der Waals surface area contributed by atoms with E-state index in [1.807, 2.05) is 24.4 Å². The number of aromatic hydroxyl groups is 1. The molecule has 1 aromatic heterocycles. The van der Waals surface area contributed by atoms with Crippen LogP contribution < -0.4 is 5.32 Å². The summed E-state index contributed by atoms with van der Waals surface area (Å²) >= 11 is 1.43. The molecule has 2 N–H and O–H groups in total. The second-order valence-electron chi connectivity index (χ2n) is 6.11. The van der Waals surface area contributed by atoms with Crippen molar-refractivity contribution in [2.24, 2.45) is 5.41 Å². The molecule has 1 aromatic carbocycles. The van der Waals surface area contributed by atoms with Crippen LogP contribution in [0.1, 0.15) is 43.7 Å². The number of fused-ring (bicyclic) bond motifs is 1. The molecule has 0 aliphatic heterocycles. The van der Waals surface area contributed by atoms with Crippen molar-refractivity contribution in [2.45, 2.75) is 39.0 Å². The lowest BCUT2D eigenvalue weighted by Crippen LogP contribution is -2.37. The molecule has 2 atom stereocenters. The summed E-state index contributed by atoms with van der Waals surface area (Å²) in [5.41, 5.74) is 1.77. The number of nitrogens with zero attached hydrogens (tertiary/aromatic N) is 1. The van der Waals surface area contributed by atoms with Gasteiger partial charge in [-0.2, -0.15) is 0 Å². The summed E-state index contributed by atoms with van der Waals surface area (Å²) in [5, 5.41) is 15.2. The van der Waals surface area contributed by atoms with Gasteiger partial charge in [0.25, 0.3) is 0 Å². The molecule has 0 spiro atoms. The summed E-state index contributed by atoms with van der Waals surface area (Å²) in [7, 11) is 0. The van der Waals surface area contributed by atoms with Gasteiger partial charge in [0.2, 0.25) is 5.91 Å². The summed E-state index contributed by atoms with van der Waals surface area (Å²) in [5.74, 6) is 0.403. The van der Waals surface area contributed by atoms with E-state index in [0.29, 0.717) is 11.6 Å². The van der Waals surface area contributed by atoms with Crippen LogP contribution in [0.4, 0.5) is 5.13 Å². The highest BCUT2D eigenvalue weighted by Crippen LogP contribution is 2.50. The summed E-state index contributed by atoms with van der Waals surface area (Å²) in [6.07, 6.45) is 4.32. The lowest BCUT2D eigenvalue weighted by Gasteiger charge is -2.30. The highest BCUT2D eigenvalue weighted by atomic mass is 32.1. The van der Waals surface area contributed by atoms with Gasteiger partial charge < -0.3 is 10.4 Å². The molecule has 0 bridgehead atoms. The average molecular weight is 316 g/mol. The minimum Gasteiger partial charge on any atom is -0.508 e. The van der Waals surface area contributed by atoms with Crippen LogP contribution in [0.3, 0.4) is 0 Å². The molecule has 0 fully saturated rings. The number of rotatable bonds is 4. The predicted molar refractivity (Wildman–Crippen MR) is 88.3 cm³/mol. The van der Waals surface area contributed by atoms with Gasteiger partial charge in [-0.3, -0.25) is 4.79 Å². The maximum atomic E-state index is 12.9. The third-order valence-corrected chi connectivity index (χ3v) is 5.27. The minimum absolute atomic E-state index is 0.0107. The summed E-state index contributed by atoms with van der Waals surface area (Å²) in [6.45, 7) is 4.15. The van der Waals surface area contributed by atoms with Crippen LogP contribution in [0, 0.1) is 5.41 Å². The molecule has 1 aliphatic rings. The molecule has 1 aliphatic carbocycles. The fourth-order valence-corrected chi connectivity index (χ4v) is 3.98. The molecule has 2 aromatic rings. The number of phenolic OH excluding ortho intramolecular Hbond substituents is 1. The average Bonchev–Trinajstić information content (AvgIpc) is 3.08. The number of hydrogen-bond donors (Lipinski definition) is 2. The fourth-order valence-electron chi connectivity index (χ4n) is 3.46. The number of phenols is 1. The normalized spacial score (nSPS) is 23.3. The van der Waals surface area contributed by atoms with Crippen molar-refractivity contribution in [1.82, 2.24) is 4.98 Å². The number of hydrogen-bond acceptors (Lipinski definition) is 4. The van der Waals surface area contributed by atoms with E-state index in [1.165, 1.54) is 11.3 Å². The Morgan fingerprint density at radius 2 is 2.36 bits per heavy atom. The van der Waals surface area contributed by atoms with Crippen LogP contribution in [0.5, 0.6) is 5.75 Å². The van der Waals surface area contributed by atoms with Crippen molar-refractivity contribution in [3.63, 3.8) is 0 Å². The Bertz CT molecular complexity index is 684. The van der Waals surface area contributed by atoms with Crippen LogP contribution in [-0.2, 0) is 11.2 Å². The van der Waals surface area contributed by atoms with Gasteiger partial charge in [0, 0.05) is 11.6 Å². The van der Waals surface area contributed by atoms with E-state index >= 15 is 0 Å². The molecule has 0 saturated heterocycles. The van der Waals surface area contributed by atoms with Crippen molar-refractivity contribution < 1.29 is 9.90 Å². The van der Waals surface area contributed by atoms with Gasteiger partial charge in [0.1, 0.15) is 5.75 Å². The lowest BCUT2D eigenvalue weighted by molar-refractivity contribution is -0.125. The zero-order chi connectivity index (χ0) is 15.7. The predicted octanol–water partition coefficient (Wildman–Crippen LogP) is 3.93. The van der Waals surface area contributed by atoms with Gasteiger partial charge >= 0.3 is 0 Å². The van der Waals surface area contributed by atoms with Crippen LogP contribution in [-0.4, -0.2) is 16.0 Å². The Morgan fingerprint density at radius 1 is 1.55 bits per heavy atom. The standard InChI is InChI=1S/C17H20N2O2S/c1-3-4-14-13-9-12(20)6-5-11(13)10-17(14,2)15(21)19-16-18-7-8-22-16/h5-9,14,20H,3-4,10H2,1-2H3,(H,18,19,21)/t14-,17-/m0/s1. The number of amides is 1. The Kier molecular flexibility index (Phi) is 3.91. The van der Waals surface area contributed by atoms with Gasteiger partial charge in [-0.1, -0.05) is 19.4 Å². The monoisotopic (exact) mass is 316 g/mol. The van der Waals surface area contributed by atoms with Crippen molar-refractivity contribution >= 4 is 22.4 Å². The van der Waals surface area contributed by atoms with Gasteiger partial charge in [-0.15, -0.1) is 11.3 Å². The Labute approximate surface area is 134 Å². The SMILES string of the molecule is CCC[C@H]1c2cc(O)ccc2C[C@]1(C)C(=O)Nc1nccs1. The van der Waals surface area contributed by atoms with E-state index < -0.39 is 5.41 Å². The maximum Gasteiger partial charge on any atom is 0.233 e. The second-order valence-corrected chi connectivity index (χ2v) is 7.00. The number of aromatic nitrogens is 1. The molecule has 0 saturated carbocycles. The van der Waals surface area contributed by atoms with Gasteiger partial charge in [-0.05, 0) is 48.9 Å². The third-order valence-electron chi connectivity index (χ3n) is 4.58. The fraction of sp³-hybridized carbons (Fsp3) is 0.412. The second kappa shape index (κ2) is 5.72. The molecule has 1 heterocycles. The van der Waals surface area contributed by atoms with Crippen LogP contribution in [0.2, 0.25) is 0 Å². The van der Waals surface area contributed by atoms with Gasteiger partial charge in [-0.25, -0.2) is 4.98 Å². The minimum atomic E-state index is -0.502. The summed E-state index contributed by atoms with van der Waals surface area (Å²) in [6, 6.07) is 5.46. The summed E-state index contributed by atoms with van der Waals surface area (Å²) < 4.78 is 0.